The van der Waals surface area contributed by atoms with Gasteiger partial charge in [0.25, 0.3) is 0 Å². The highest BCUT2D eigenvalue weighted by Gasteiger charge is 2.31. The Balaban J connectivity index is 4.30. The Kier molecular flexibility index (Phi) is 41.6. The Labute approximate surface area is 380 Å². The summed E-state index contributed by atoms with van der Waals surface area (Å²) in [5.74, 6) is -1.50. The number of hydrogen-bond acceptors (Lipinski definition) is 6. The topological polar surface area (TPSA) is 99.1 Å². The standard InChI is InChI=1S/C54H91NO7/c1-6-8-10-12-14-16-18-20-22-24-25-26-27-28-29-31-33-35-37-39-41-43-45-53(57)62-50(48-60-47-46-51(54(58)59)55(3,4)5)49-61-52(56)44-42-40-38-36-34-32-30-23-21-19-17-15-13-11-9-7-2/h8-11,14-17,20-23,25-26,50-51H,6-7,12-13,18-19,24,27-49H2,1-5H3/p+1/b10-8+,11-9+,16-14+,17-15+,22-20+,23-21+,26-25+. The maximum absolute atomic E-state index is 12.8. The van der Waals surface area contributed by atoms with Crippen molar-refractivity contribution < 1.29 is 38.2 Å². The fraction of sp³-hybridized carbons (Fsp3) is 0.685. The number of carboxylic acids is 1. The minimum atomic E-state index is -0.881. The van der Waals surface area contributed by atoms with E-state index in [1.807, 2.05) is 21.1 Å². The van der Waals surface area contributed by atoms with E-state index in [1.54, 1.807) is 0 Å². The zero-order chi connectivity index (χ0) is 45.6. The Bertz CT molecular complexity index is 1290. The molecule has 0 rings (SSSR count). The van der Waals surface area contributed by atoms with E-state index in [4.69, 9.17) is 14.2 Å². The van der Waals surface area contributed by atoms with Gasteiger partial charge in [-0.2, -0.15) is 0 Å². The molecule has 0 fully saturated rings. The summed E-state index contributed by atoms with van der Waals surface area (Å²) in [7, 11) is 5.52. The van der Waals surface area contributed by atoms with Crippen LogP contribution in [-0.4, -0.2) is 80.6 Å². The second-order valence-corrected chi connectivity index (χ2v) is 17.3. The molecule has 0 saturated heterocycles. The molecule has 2 unspecified atom stereocenters. The molecular formula is C54H92NO7+. The minimum absolute atomic E-state index is 0.0501. The number of likely N-dealkylation sites (N-methyl/N-ethyl adjacent to an activating group) is 1. The summed E-state index contributed by atoms with van der Waals surface area (Å²) in [5.41, 5.74) is 0. The van der Waals surface area contributed by atoms with Gasteiger partial charge in [-0.15, -0.1) is 0 Å². The molecule has 0 aromatic carbocycles. The fourth-order valence-electron chi connectivity index (χ4n) is 6.80. The molecular weight excluding hydrogens is 775 g/mol. The van der Waals surface area contributed by atoms with Crippen LogP contribution >= 0.6 is 0 Å². The maximum atomic E-state index is 12.8. The van der Waals surface area contributed by atoms with Crippen LogP contribution in [0.1, 0.15) is 187 Å². The lowest BCUT2D eigenvalue weighted by Gasteiger charge is -2.31. The van der Waals surface area contributed by atoms with Crippen molar-refractivity contribution in [3.05, 3.63) is 85.1 Å². The summed E-state index contributed by atoms with van der Waals surface area (Å²) in [6, 6.07) is -0.622. The first-order chi connectivity index (χ1) is 30.1. The number of nitrogens with zero attached hydrogens (tertiary/aromatic N) is 1. The quantitative estimate of drug-likeness (QED) is 0.0282. The summed E-state index contributed by atoms with van der Waals surface area (Å²) in [5, 5.41) is 9.65. The van der Waals surface area contributed by atoms with E-state index in [9.17, 15) is 19.5 Å². The summed E-state index contributed by atoms with van der Waals surface area (Å²) in [6.45, 7) is 4.49. The van der Waals surface area contributed by atoms with Crippen LogP contribution in [0, 0.1) is 0 Å². The largest absolute Gasteiger partial charge is 0.477 e. The Morgan fingerprint density at radius 1 is 0.484 bits per heavy atom. The van der Waals surface area contributed by atoms with Gasteiger partial charge in [0.05, 0.1) is 34.4 Å². The summed E-state index contributed by atoms with van der Waals surface area (Å²) >= 11 is 0. The Morgan fingerprint density at radius 2 is 0.855 bits per heavy atom. The average Bonchev–Trinajstić information content (AvgIpc) is 3.23. The minimum Gasteiger partial charge on any atom is -0.477 e. The number of ether oxygens (including phenoxy) is 3. The van der Waals surface area contributed by atoms with E-state index in [-0.39, 0.29) is 36.2 Å². The highest BCUT2D eigenvalue weighted by Crippen LogP contribution is 2.14. The van der Waals surface area contributed by atoms with E-state index in [0.29, 0.717) is 19.3 Å². The molecule has 8 heteroatoms. The fourth-order valence-corrected chi connectivity index (χ4v) is 6.80. The molecule has 0 saturated carbocycles. The van der Waals surface area contributed by atoms with E-state index in [2.05, 4.69) is 98.9 Å². The number of carboxylic acid groups (broad SMARTS) is 1. The molecule has 354 valence electrons. The van der Waals surface area contributed by atoms with Crippen molar-refractivity contribution in [2.45, 2.75) is 199 Å². The van der Waals surface area contributed by atoms with Gasteiger partial charge in [-0.1, -0.05) is 170 Å². The lowest BCUT2D eigenvalue weighted by atomic mass is 10.1. The third kappa shape index (κ3) is 41.8. The van der Waals surface area contributed by atoms with Gasteiger partial charge in [-0.25, -0.2) is 4.79 Å². The molecule has 0 aliphatic heterocycles. The molecule has 0 amide bonds. The Hall–Kier alpha value is -3.49. The number of hydrogen-bond donors (Lipinski definition) is 1. The van der Waals surface area contributed by atoms with Crippen LogP contribution in [0.4, 0.5) is 0 Å². The molecule has 0 aromatic rings. The molecule has 8 nitrogen and oxygen atoms in total. The van der Waals surface area contributed by atoms with E-state index < -0.39 is 18.1 Å². The third-order valence-corrected chi connectivity index (χ3v) is 10.5. The van der Waals surface area contributed by atoms with Crippen LogP contribution in [0.25, 0.3) is 0 Å². The van der Waals surface area contributed by atoms with Crippen molar-refractivity contribution in [3.63, 3.8) is 0 Å². The monoisotopic (exact) mass is 867 g/mol. The predicted octanol–water partition coefficient (Wildman–Crippen LogP) is 14.1. The van der Waals surface area contributed by atoms with E-state index in [1.165, 1.54) is 51.4 Å². The molecule has 0 spiro atoms. The molecule has 0 aliphatic rings. The highest BCUT2D eigenvalue weighted by molar-refractivity contribution is 5.72. The number of rotatable bonds is 43. The molecule has 0 heterocycles. The van der Waals surface area contributed by atoms with Crippen LogP contribution in [-0.2, 0) is 28.6 Å². The van der Waals surface area contributed by atoms with Crippen LogP contribution in [0.2, 0.25) is 0 Å². The van der Waals surface area contributed by atoms with Gasteiger partial charge in [-0.05, 0) is 83.5 Å². The van der Waals surface area contributed by atoms with Crippen LogP contribution in [0.15, 0.2) is 85.1 Å². The zero-order valence-corrected chi connectivity index (χ0v) is 40.3. The zero-order valence-electron chi connectivity index (χ0n) is 40.3. The predicted molar refractivity (Wildman–Crippen MR) is 261 cm³/mol. The number of allylic oxidation sites excluding steroid dienone is 14. The average molecular weight is 867 g/mol. The van der Waals surface area contributed by atoms with Gasteiger partial charge in [0, 0.05) is 19.3 Å². The number of unbranched alkanes of at least 4 members (excludes halogenated alkanes) is 15. The maximum Gasteiger partial charge on any atom is 0.362 e. The number of carbonyl (C=O) groups is 3. The van der Waals surface area contributed by atoms with Gasteiger partial charge < -0.3 is 23.8 Å². The van der Waals surface area contributed by atoms with Crippen molar-refractivity contribution in [2.75, 3.05) is 41.0 Å². The lowest BCUT2D eigenvalue weighted by molar-refractivity contribution is -0.887. The summed E-state index contributed by atoms with van der Waals surface area (Å²) < 4.78 is 17.3. The van der Waals surface area contributed by atoms with Crippen molar-refractivity contribution >= 4 is 17.9 Å². The molecule has 0 bridgehead atoms. The number of quaternary nitrogens is 1. The summed E-state index contributed by atoms with van der Waals surface area (Å²) in [4.78, 5) is 37.1. The molecule has 62 heavy (non-hydrogen) atoms. The summed E-state index contributed by atoms with van der Waals surface area (Å²) in [6.07, 6.45) is 57.7. The normalized spacial score (nSPS) is 13.6. The van der Waals surface area contributed by atoms with Crippen LogP contribution in [0.5, 0.6) is 0 Å². The van der Waals surface area contributed by atoms with Gasteiger partial charge >= 0.3 is 17.9 Å². The molecule has 0 aliphatic carbocycles. The lowest BCUT2D eigenvalue weighted by Crippen LogP contribution is -2.50. The molecule has 2 atom stereocenters. The number of esters is 2. The smallest absolute Gasteiger partial charge is 0.362 e. The van der Waals surface area contributed by atoms with Crippen LogP contribution in [0.3, 0.4) is 0 Å². The first-order valence-corrected chi connectivity index (χ1v) is 24.6. The van der Waals surface area contributed by atoms with Crippen molar-refractivity contribution in [1.29, 1.82) is 0 Å². The number of aliphatic carboxylic acids is 1. The molecule has 0 radical (unpaired) electrons. The van der Waals surface area contributed by atoms with Crippen molar-refractivity contribution in [2.24, 2.45) is 0 Å². The van der Waals surface area contributed by atoms with E-state index in [0.717, 1.165) is 103 Å². The molecule has 1 N–H and O–H groups in total. The van der Waals surface area contributed by atoms with Gasteiger partial charge in [0.1, 0.15) is 6.61 Å². The first kappa shape index (κ1) is 58.5. The number of carbonyl (C=O) groups excluding carboxylic acids is 2. The molecule has 0 aromatic heterocycles. The van der Waals surface area contributed by atoms with Gasteiger partial charge in [0.2, 0.25) is 0 Å². The SMILES string of the molecule is CC/C=C/C/C=C/C/C=C/C/C=C/CCCCCCCCCCCC(=O)OC(COCCC(C(=O)O)[N+](C)(C)C)COC(=O)CCCCCCCC/C=C/C/C=C/C/C=C/CC. The third-order valence-electron chi connectivity index (χ3n) is 10.5. The van der Waals surface area contributed by atoms with Crippen molar-refractivity contribution in [3.8, 4) is 0 Å². The van der Waals surface area contributed by atoms with Crippen molar-refractivity contribution in [1.82, 2.24) is 0 Å². The van der Waals surface area contributed by atoms with Gasteiger partial charge in [0.15, 0.2) is 12.1 Å². The van der Waals surface area contributed by atoms with Crippen LogP contribution < -0.4 is 0 Å². The second-order valence-electron chi connectivity index (χ2n) is 17.3. The Morgan fingerprint density at radius 3 is 1.26 bits per heavy atom. The highest BCUT2D eigenvalue weighted by atomic mass is 16.6. The second kappa shape index (κ2) is 44.1. The first-order valence-electron chi connectivity index (χ1n) is 24.6. The van der Waals surface area contributed by atoms with E-state index >= 15 is 0 Å². The van der Waals surface area contributed by atoms with Gasteiger partial charge in [-0.3, -0.25) is 9.59 Å².